The molecule has 2 aromatic carbocycles. The first kappa shape index (κ1) is 14.5. The summed E-state index contributed by atoms with van der Waals surface area (Å²) in [6, 6.07) is 9.66. The number of halogens is 2. The normalized spacial score (nSPS) is 11.3. The van der Waals surface area contributed by atoms with Crippen LogP contribution in [0, 0.1) is 11.6 Å². The molecule has 0 bridgehead atoms. The van der Waals surface area contributed by atoms with Crippen molar-refractivity contribution in [1.29, 1.82) is 0 Å². The summed E-state index contributed by atoms with van der Waals surface area (Å²) in [6.07, 6.45) is 3.07. The molecule has 0 atom stereocenters. The van der Waals surface area contributed by atoms with Crippen LogP contribution in [-0.4, -0.2) is 24.3 Å². The number of rotatable bonds is 3. The Kier molecular flexibility index (Phi) is 3.34. The van der Waals surface area contributed by atoms with E-state index in [1.807, 2.05) is 31.2 Å². The molecule has 0 aliphatic rings. The van der Waals surface area contributed by atoms with Crippen molar-refractivity contribution in [1.82, 2.24) is 24.3 Å². The lowest BCUT2D eigenvalue weighted by molar-refractivity contribution is 0.590. The zero-order chi connectivity index (χ0) is 16.7. The summed E-state index contributed by atoms with van der Waals surface area (Å²) in [5.41, 5.74) is 2.29. The Bertz CT molecular complexity index is 1000. The predicted octanol–water partition coefficient (Wildman–Crippen LogP) is 3.58. The highest BCUT2D eigenvalue weighted by Gasteiger charge is 2.16. The summed E-state index contributed by atoms with van der Waals surface area (Å²) in [5.74, 6) is -0.664. The van der Waals surface area contributed by atoms with Gasteiger partial charge >= 0.3 is 0 Å². The topological polar surface area (TPSA) is 48.5 Å². The summed E-state index contributed by atoms with van der Waals surface area (Å²) >= 11 is 0. The quantitative estimate of drug-likeness (QED) is 0.578. The average molecular weight is 325 g/mol. The number of aryl methyl sites for hydroxylation is 1. The predicted molar refractivity (Wildman–Crippen MR) is 85.7 cm³/mol. The van der Waals surface area contributed by atoms with E-state index >= 15 is 0 Å². The molecule has 2 aromatic heterocycles. The number of imidazole rings is 1. The Morgan fingerprint density at radius 3 is 2.54 bits per heavy atom. The molecule has 0 fully saturated rings. The molecule has 2 heterocycles. The van der Waals surface area contributed by atoms with Crippen molar-refractivity contribution in [3.63, 3.8) is 0 Å². The maximum atomic E-state index is 14.0. The molecule has 120 valence electrons. The third-order valence-corrected chi connectivity index (χ3v) is 3.90. The highest BCUT2D eigenvalue weighted by molar-refractivity contribution is 5.81. The van der Waals surface area contributed by atoms with E-state index in [4.69, 9.17) is 0 Å². The lowest BCUT2D eigenvalue weighted by Gasteiger charge is -2.07. The van der Waals surface area contributed by atoms with Gasteiger partial charge in [0.05, 0.1) is 11.2 Å². The monoisotopic (exact) mass is 325 g/mol. The summed E-state index contributed by atoms with van der Waals surface area (Å²) < 4.78 is 31.0. The van der Waals surface area contributed by atoms with E-state index in [1.54, 1.807) is 15.6 Å². The Balaban J connectivity index is 1.85. The molecule has 5 nitrogen and oxygen atoms in total. The summed E-state index contributed by atoms with van der Waals surface area (Å²) in [7, 11) is 0. The molecule has 0 saturated heterocycles. The molecule has 24 heavy (non-hydrogen) atoms. The van der Waals surface area contributed by atoms with Gasteiger partial charge in [-0.3, -0.25) is 0 Å². The van der Waals surface area contributed by atoms with Crippen molar-refractivity contribution in [2.24, 2.45) is 0 Å². The molecular weight excluding hydrogens is 312 g/mol. The van der Waals surface area contributed by atoms with Crippen LogP contribution in [0.2, 0.25) is 0 Å². The van der Waals surface area contributed by atoms with Crippen molar-refractivity contribution >= 4 is 11.0 Å². The minimum Gasteiger partial charge on any atom is -0.324 e. The van der Waals surface area contributed by atoms with Crippen LogP contribution in [0.5, 0.6) is 0 Å². The van der Waals surface area contributed by atoms with Gasteiger partial charge in [0.2, 0.25) is 0 Å². The fourth-order valence-electron chi connectivity index (χ4n) is 2.79. The van der Waals surface area contributed by atoms with Gasteiger partial charge in [-0.1, -0.05) is 0 Å². The van der Waals surface area contributed by atoms with Crippen molar-refractivity contribution in [3.05, 3.63) is 60.7 Å². The molecule has 0 aliphatic heterocycles. The molecule has 0 unspecified atom stereocenters. The van der Waals surface area contributed by atoms with Crippen molar-refractivity contribution in [2.45, 2.75) is 13.5 Å². The van der Waals surface area contributed by atoms with Crippen LogP contribution in [0.25, 0.3) is 28.1 Å². The van der Waals surface area contributed by atoms with E-state index in [9.17, 15) is 8.78 Å². The average Bonchev–Trinajstić information content (AvgIpc) is 3.22. The summed E-state index contributed by atoms with van der Waals surface area (Å²) in [6.45, 7) is 2.47. The Morgan fingerprint density at radius 2 is 1.88 bits per heavy atom. The Morgan fingerprint density at radius 1 is 1.08 bits per heavy atom. The fourth-order valence-corrected chi connectivity index (χ4v) is 2.79. The largest absolute Gasteiger partial charge is 0.324 e. The first-order valence-corrected chi connectivity index (χ1v) is 7.48. The molecule has 0 aliphatic carbocycles. The van der Waals surface area contributed by atoms with Gasteiger partial charge in [0, 0.05) is 18.2 Å². The maximum Gasteiger partial charge on any atom is 0.153 e. The molecule has 0 N–H and O–H groups in total. The standard InChI is InChI=1S/C17H13F2N5/c1-2-23-15-8-12(18)7-14(19)16(15)22-17(23)11-3-5-13(6-4-11)24-10-20-9-21-24/h3-10H,2H2,1H3. The zero-order valence-corrected chi connectivity index (χ0v) is 12.8. The molecule has 0 spiro atoms. The van der Waals surface area contributed by atoms with Crippen molar-refractivity contribution in [2.75, 3.05) is 0 Å². The van der Waals surface area contributed by atoms with E-state index in [0.717, 1.165) is 17.3 Å². The van der Waals surface area contributed by atoms with E-state index in [1.165, 1.54) is 12.4 Å². The minimum absolute atomic E-state index is 0.175. The van der Waals surface area contributed by atoms with Gasteiger partial charge in [0.15, 0.2) is 5.82 Å². The second-order valence-electron chi connectivity index (χ2n) is 5.32. The van der Waals surface area contributed by atoms with E-state index < -0.39 is 11.6 Å². The second-order valence-corrected chi connectivity index (χ2v) is 5.32. The molecule has 0 saturated carbocycles. The fraction of sp³-hybridized carbons (Fsp3) is 0.118. The van der Waals surface area contributed by atoms with Crippen LogP contribution < -0.4 is 0 Å². The van der Waals surface area contributed by atoms with Gasteiger partial charge < -0.3 is 4.57 Å². The summed E-state index contributed by atoms with van der Waals surface area (Å²) in [5, 5.41) is 4.07. The van der Waals surface area contributed by atoms with Crippen LogP contribution in [0.15, 0.2) is 49.1 Å². The van der Waals surface area contributed by atoms with Gasteiger partial charge in [0.1, 0.15) is 29.8 Å². The smallest absolute Gasteiger partial charge is 0.153 e. The van der Waals surface area contributed by atoms with Crippen molar-refractivity contribution in [3.8, 4) is 17.1 Å². The minimum atomic E-state index is -0.655. The molecule has 0 radical (unpaired) electrons. The first-order valence-electron chi connectivity index (χ1n) is 7.48. The van der Waals surface area contributed by atoms with Crippen molar-refractivity contribution < 1.29 is 8.78 Å². The van der Waals surface area contributed by atoms with Gasteiger partial charge in [-0.2, -0.15) is 5.10 Å². The molecular formula is C17H13F2N5. The lowest BCUT2D eigenvalue weighted by atomic mass is 10.2. The number of benzene rings is 2. The van der Waals surface area contributed by atoms with Crippen LogP contribution >= 0.6 is 0 Å². The van der Waals surface area contributed by atoms with Crippen LogP contribution in [-0.2, 0) is 6.54 Å². The Labute approximate surface area is 136 Å². The van der Waals surface area contributed by atoms with Gasteiger partial charge in [-0.25, -0.2) is 23.4 Å². The van der Waals surface area contributed by atoms with E-state index in [2.05, 4.69) is 15.1 Å². The third kappa shape index (κ3) is 2.25. The van der Waals surface area contributed by atoms with Crippen LogP contribution in [0.3, 0.4) is 0 Å². The number of fused-ring (bicyclic) bond motifs is 1. The van der Waals surface area contributed by atoms with Crippen LogP contribution in [0.4, 0.5) is 8.78 Å². The second kappa shape index (κ2) is 5.52. The molecule has 4 rings (SSSR count). The molecule has 4 aromatic rings. The molecule has 7 heteroatoms. The van der Waals surface area contributed by atoms with E-state index in [-0.39, 0.29) is 5.52 Å². The lowest BCUT2D eigenvalue weighted by Crippen LogP contribution is -1.99. The summed E-state index contributed by atoms with van der Waals surface area (Å²) in [4.78, 5) is 8.28. The number of hydrogen-bond donors (Lipinski definition) is 0. The number of aromatic nitrogens is 5. The Hall–Kier alpha value is -3.09. The number of hydrogen-bond acceptors (Lipinski definition) is 3. The van der Waals surface area contributed by atoms with Gasteiger partial charge in [0.25, 0.3) is 0 Å². The van der Waals surface area contributed by atoms with Gasteiger partial charge in [-0.15, -0.1) is 0 Å². The highest BCUT2D eigenvalue weighted by atomic mass is 19.1. The maximum absolute atomic E-state index is 14.0. The first-order chi connectivity index (χ1) is 11.7. The highest BCUT2D eigenvalue weighted by Crippen LogP contribution is 2.27. The van der Waals surface area contributed by atoms with E-state index in [0.29, 0.717) is 17.9 Å². The molecule has 0 amide bonds. The third-order valence-electron chi connectivity index (χ3n) is 3.90. The zero-order valence-electron chi connectivity index (χ0n) is 12.8. The van der Waals surface area contributed by atoms with Crippen LogP contribution in [0.1, 0.15) is 6.92 Å². The SMILES string of the molecule is CCn1c(-c2ccc(-n3cncn3)cc2)nc2c(F)cc(F)cc21. The van der Waals surface area contributed by atoms with Gasteiger partial charge in [-0.05, 0) is 37.3 Å². The number of nitrogens with zero attached hydrogens (tertiary/aromatic N) is 5.